The Bertz CT molecular complexity index is 1200. The molecule has 0 aromatic heterocycles. The summed E-state index contributed by atoms with van der Waals surface area (Å²) in [4.78, 5) is 38.1. The lowest BCUT2D eigenvalue weighted by Crippen LogP contribution is -2.30. The largest absolute Gasteiger partial charge is 0.462 e. The SMILES string of the molecule is CCCCC/C=C\C/C=C\C/C=C\C/C=C\CCCC(=O)O[C@H](COC(=O)CCCCCCC/C=C\CCCCCC)COC(=O)CCCCCCCCCCCCCCCCCCCC. The van der Waals surface area contributed by atoms with Crippen LogP contribution in [-0.4, -0.2) is 37.2 Å². The van der Waals surface area contributed by atoms with E-state index in [1.807, 2.05) is 0 Å². The van der Waals surface area contributed by atoms with Gasteiger partial charge in [0.2, 0.25) is 0 Å². The van der Waals surface area contributed by atoms with Gasteiger partial charge in [-0.25, -0.2) is 0 Å². The Labute approximate surface area is 409 Å². The maximum Gasteiger partial charge on any atom is 0.306 e. The smallest absolute Gasteiger partial charge is 0.306 e. The summed E-state index contributed by atoms with van der Waals surface area (Å²) in [6.07, 6.45) is 67.8. The molecule has 0 amide bonds. The molecule has 0 aliphatic heterocycles. The monoisotopic (exact) mass is 923 g/mol. The highest BCUT2D eigenvalue weighted by molar-refractivity contribution is 5.71. The number of unbranched alkanes of at least 4 members (excludes halogenated alkanes) is 30. The van der Waals surface area contributed by atoms with Crippen molar-refractivity contribution < 1.29 is 28.6 Å². The van der Waals surface area contributed by atoms with Crippen molar-refractivity contribution in [3.05, 3.63) is 60.8 Å². The Balaban J connectivity index is 4.43. The highest BCUT2D eigenvalue weighted by Gasteiger charge is 2.19. The lowest BCUT2D eigenvalue weighted by atomic mass is 10.0. The zero-order valence-corrected chi connectivity index (χ0v) is 43.7. The first-order chi connectivity index (χ1) is 32.5. The first-order valence-corrected chi connectivity index (χ1v) is 28.3. The number of carbonyl (C=O) groups excluding carboxylic acids is 3. The number of hydrogen-bond acceptors (Lipinski definition) is 6. The zero-order chi connectivity index (χ0) is 47.9. The Kier molecular flexibility index (Phi) is 52.3. The van der Waals surface area contributed by atoms with E-state index in [9.17, 15) is 14.4 Å². The Hall–Kier alpha value is -2.89. The topological polar surface area (TPSA) is 78.9 Å². The number of carbonyl (C=O) groups is 3. The molecule has 0 bridgehead atoms. The van der Waals surface area contributed by atoms with E-state index in [1.54, 1.807) is 0 Å². The van der Waals surface area contributed by atoms with Gasteiger partial charge in [0.05, 0.1) is 0 Å². The average Bonchev–Trinajstić information content (AvgIpc) is 3.31. The lowest BCUT2D eigenvalue weighted by molar-refractivity contribution is -0.167. The van der Waals surface area contributed by atoms with E-state index >= 15 is 0 Å². The predicted octanol–water partition coefficient (Wildman–Crippen LogP) is 18.8. The van der Waals surface area contributed by atoms with E-state index in [0.717, 1.165) is 70.6 Å². The third-order valence-corrected chi connectivity index (χ3v) is 12.2. The van der Waals surface area contributed by atoms with Crippen LogP contribution in [-0.2, 0) is 28.6 Å². The molecule has 0 fully saturated rings. The summed E-state index contributed by atoms with van der Waals surface area (Å²) >= 11 is 0. The summed E-state index contributed by atoms with van der Waals surface area (Å²) in [6.45, 7) is 6.57. The number of esters is 3. The molecule has 0 saturated heterocycles. The van der Waals surface area contributed by atoms with Gasteiger partial charge in [0.25, 0.3) is 0 Å². The maximum atomic E-state index is 12.8. The third kappa shape index (κ3) is 52.1. The molecule has 0 aliphatic rings. The van der Waals surface area contributed by atoms with Crippen LogP contribution in [0.5, 0.6) is 0 Å². The number of ether oxygens (including phenoxy) is 3. The molecular formula is C60H106O6. The van der Waals surface area contributed by atoms with Crippen molar-refractivity contribution >= 4 is 17.9 Å². The minimum Gasteiger partial charge on any atom is -0.462 e. The molecule has 6 heteroatoms. The fourth-order valence-corrected chi connectivity index (χ4v) is 7.96. The second-order valence-electron chi connectivity index (χ2n) is 18.8. The molecule has 0 unspecified atom stereocenters. The van der Waals surface area contributed by atoms with Gasteiger partial charge >= 0.3 is 17.9 Å². The predicted molar refractivity (Wildman–Crippen MR) is 284 cm³/mol. The van der Waals surface area contributed by atoms with Crippen molar-refractivity contribution in [3.63, 3.8) is 0 Å². The minimum atomic E-state index is -0.804. The number of hydrogen-bond donors (Lipinski definition) is 0. The van der Waals surface area contributed by atoms with Crippen LogP contribution in [0.4, 0.5) is 0 Å². The standard InChI is InChI=1S/C60H106O6/c1-4-7-10-13-16-19-22-25-27-29-31-32-35-38-41-44-47-50-53-59(62)65-56-57(55-64-58(61)52-49-46-43-40-37-34-24-21-18-15-12-9-6-3)66-60(63)54-51-48-45-42-39-36-33-30-28-26-23-20-17-14-11-8-5-2/h17,20-21,24,26,28,33,36,42,45,57H,4-16,18-19,22-23,25,27,29-32,34-35,37-41,43-44,46-56H2,1-3H3/b20-17-,24-21-,28-26-,36-33-,45-42-/t57-/m1/s1. The van der Waals surface area contributed by atoms with Crippen molar-refractivity contribution in [3.8, 4) is 0 Å². The fraction of sp³-hybridized carbons (Fsp3) is 0.783. The van der Waals surface area contributed by atoms with Gasteiger partial charge in [-0.05, 0) is 83.5 Å². The van der Waals surface area contributed by atoms with Crippen LogP contribution in [0.1, 0.15) is 284 Å². The Morgan fingerprint density at radius 2 is 0.561 bits per heavy atom. The summed E-state index contributed by atoms with van der Waals surface area (Å²) < 4.78 is 16.8. The highest BCUT2D eigenvalue weighted by atomic mass is 16.6. The summed E-state index contributed by atoms with van der Waals surface area (Å²) in [5, 5.41) is 0. The van der Waals surface area contributed by atoms with E-state index in [4.69, 9.17) is 14.2 Å². The molecule has 0 aliphatic carbocycles. The summed E-state index contributed by atoms with van der Waals surface area (Å²) in [5.74, 6) is -0.951. The Morgan fingerprint density at radius 3 is 0.955 bits per heavy atom. The van der Waals surface area contributed by atoms with Crippen LogP contribution in [0.2, 0.25) is 0 Å². The van der Waals surface area contributed by atoms with Crippen molar-refractivity contribution in [1.29, 1.82) is 0 Å². The number of rotatable bonds is 51. The van der Waals surface area contributed by atoms with Crippen LogP contribution in [0.25, 0.3) is 0 Å². The molecule has 0 radical (unpaired) electrons. The maximum absolute atomic E-state index is 12.8. The molecule has 0 heterocycles. The molecule has 66 heavy (non-hydrogen) atoms. The van der Waals surface area contributed by atoms with E-state index in [-0.39, 0.29) is 37.5 Å². The second-order valence-corrected chi connectivity index (χ2v) is 18.8. The van der Waals surface area contributed by atoms with Gasteiger partial charge in [-0.1, -0.05) is 242 Å². The van der Waals surface area contributed by atoms with Gasteiger partial charge in [-0.2, -0.15) is 0 Å². The molecular weight excluding hydrogens is 817 g/mol. The van der Waals surface area contributed by atoms with Crippen LogP contribution < -0.4 is 0 Å². The summed E-state index contributed by atoms with van der Waals surface area (Å²) in [5.41, 5.74) is 0. The van der Waals surface area contributed by atoms with E-state index in [1.165, 1.54) is 167 Å². The van der Waals surface area contributed by atoms with Crippen molar-refractivity contribution in [2.45, 2.75) is 290 Å². The molecule has 1 atom stereocenters. The van der Waals surface area contributed by atoms with Crippen LogP contribution >= 0.6 is 0 Å². The zero-order valence-electron chi connectivity index (χ0n) is 43.7. The highest BCUT2D eigenvalue weighted by Crippen LogP contribution is 2.16. The fourth-order valence-electron chi connectivity index (χ4n) is 7.96. The molecule has 0 N–H and O–H groups in total. The van der Waals surface area contributed by atoms with Crippen molar-refractivity contribution in [1.82, 2.24) is 0 Å². The van der Waals surface area contributed by atoms with Gasteiger partial charge in [0.1, 0.15) is 13.2 Å². The number of allylic oxidation sites excluding steroid dienone is 10. The van der Waals surface area contributed by atoms with E-state index in [2.05, 4.69) is 81.5 Å². The van der Waals surface area contributed by atoms with Gasteiger partial charge in [-0.15, -0.1) is 0 Å². The lowest BCUT2D eigenvalue weighted by Gasteiger charge is -2.18. The average molecular weight is 924 g/mol. The van der Waals surface area contributed by atoms with Gasteiger partial charge < -0.3 is 14.2 Å². The summed E-state index contributed by atoms with van der Waals surface area (Å²) in [7, 11) is 0. The van der Waals surface area contributed by atoms with E-state index in [0.29, 0.717) is 19.3 Å². The molecule has 0 aromatic carbocycles. The van der Waals surface area contributed by atoms with E-state index < -0.39 is 6.10 Å². The normalized spacial score (nSPS) is 12.5. The van der Waals surface area contributed by atoms with Gasteiger partial charge in [0.15, 0.2) is 6.10 Å². The Morgan fingerprint density at radius 1 is 0.303 bits per heavy atom. The molecule has 0 aromatic rings. The quantitative estimate of drug-likeness (QED) is 0.0262. The van der Waals surface area contributed by atoms with Crippen LogP contribution in [0, 0.1) is 0 Å². The molecule has 0 saturated carbocycles. The van der Waals surface area contributed by atoms with Gasteiger partial charge in [-0.3, -0.25) is 14.4 Å². The molecule has 0 spiro atoms. The molecule has 382 valence electrons. The second kappa shape index (κ2) is 54.7. The van der Waals surface area contributed by atoms with Gasteiger partial charge in [0, 0.05) is 19.3 Å². The molecule has 0 rings (SSSR count). The van der Waals surface area contributed by atoms with Crippen LogP contribution in [0.15, 0.2) is 60.8 Å². The summed E-state index contributed by atoms with van der Waals surface area (Å²) in [6, 6.07) is 0. The molecule has 6 nitrogen and oxygen atoms in total. The third-order valence-electron chi connectivity index (χ3n) is 12.2. The first-order valence-electron chi connectivity index (χ1n) is 28.3. The van der Waals surface area contributed by atoms with Crippen LogP contribution in [0.3, 0.4) is 0 Å². The minimum absolute atomic E-state index is 0.0960. The first kappa shape index (κ1) is 63.1. The van der Waals surface area contributed by atoms with Crippen molar-refractivity contribution in [2.75, 3.05) is 13.2 Å². The van der Waals surface area contributed by atoms with Crippen molar-refractivity contribution in [2.24, 2.45) is 0 Å².